The number of amides is 1. The molecular formula is C26H28F4N2O7S. The normalized spacial score (nSPS) is 22.5. The third kappa shape index (κ3) is 6.65. The van der Waals surface area contributed by atoms with E-state index in [0.717, 1.165) is 23.3 Å². The van der Waals surface area contributed by atoms with Gasteiger partial charge in [-0.05, 0) is 40.7 Å². The average Bonchev–Trinajstić information content (AvgIpc) is 3.10. The second kappa shape index (κ2) is 10.5. The van der Waals surface area contributed by atoms with Crippen molar-refractivity contribution in [3.05, 3.63) is 69.0 Å². The van der Waals surface area contributed by atoms with Crippen molar-refractivity contribution < 1.29 is 45.2 Å². The van der Waals surface area contributed by atoms with Gasteiger partial charge in [-0.25, -0.2) is 13.2 Å². The SMILES string of the molecule is CC(C)(C)c1cccc(CN2C(=O)O[C@H]3[C@H](Cc4cc(F)c([N+](=O)[O-])c(OCC(F)(F)F)c4)CS(=O)(=O)C[C@@H]32)c1. The molecule has 9 nitrogen and oxygen atoms in total. The van der Waals surface area contributed by atoms with Gasteiger partial charge in [0.15, 0.2) is 16.4 Å². The number of carbonyl (C=O) groups is 1. The second-order valence-electron chi connectivity index (χ2n) is 11.1. The Labute approximate surface area is 228 Å². The highest BCUT2D eigenvalue weighted by Gasteiger charge is 2.52. The molecular weight excluding hydrogens is 560 g/mol. The molecule has 2 aromatic rings. The molecule has 2 aliphatic rings. The van der Waals surface area contributed by atoms with Crippen molar-refractivity contribution >= 4 is 21.6 Å². The molecule has 4 rings (SSSR count). The first-order valence-electron chi connectivity index (χ1n) is 12.4. The van der Waals surface area contributed by atoms with Gasteiger partial charge in [-0.1, -0.05) is 45.0 Å². The van der Waals surface area contributed by atoms with Crippen LogP contribution in [0.15, 0.2) is 36.4 Å². The van der Waals surface area contributed by atoms with Crippen LogP contribution in [0.2, 0.25) is 0 Å². The maximum Gasteiger partial charge on any atom is 0.422 e. The van der Waals surface area contributed by atoms with Gasteiger partial charge >= 0.3 is 18.0 Å². The lowest BCUT2D eigenvalue weighted by atomic mass is 9.86. The first kappa shape index (κ1) is 29.6. The summed E-state index contributed by atoms with van der Waals surface area (Å²) in [6.45, 7) is 4.30. The van der Waals surface area contributed by atoms with Crippen LogP contribution >= 0.6 is 0 Å². The summed E-state index contributed by atoms with van der Waals surface area (Å²) in [4.78, 5) is 24.3. The van der Waals surface area contributed by atoms with Gasteiger partial charge in [0.05, 0.1) is 22.5 Å². The molecule has 0 unspecified atom stereocenters. The molecule has 2 fully saturated rings. The Balaban J connectivity index is 1.61. The fraction of sp³-hybridized carbons (Fsp3) is 0.500. The lowest BCUT2D eigenvalue weighted by molar-refractivity contribution is -0.388. The maximum absolute atomic E-state index is 14.6. The molecule has 14 heteroatoms. The highest BCUT2D eigenvalue weighted by molar-refractivity contribution is 7.91. The number of nitrogens with zero attached hydrogens (tertiary/aromatic N) is 2. The molecule has 0 bridgehead atoms. The Morgan fingerprint density at radius 2 is 1.82 bits per heavy atom. The van der Waals surface area contributed by atoms with Gasteiger partial charge in [-0.15, -0.1) is 0 Å². The molecule has 0 N–H and O–H groups in total. The van der Waals surface area contributed by atoms with E-state index in [4.69, 9.17) is 4.74 Å². The molecule has 0 aliphatic carbocycles. The van der Waals surface area contributed by atoms with Crippen LogP contribution in [0.4, 0.5) is 28.0 Å². The van der Waals surface area contributed by atoms with E-state index >= 15 is 0 Å². The predicted molar refractivity (Wildman–Crippen MR) is 135 cm³/mol. The summed E-state index contributed by atoms with van der Waals surface area (Å²) in [7, 11) is -3.71. The number of alkyl halides is 3. The summed E-state index contributed by atoms with van der Waals surface area (Å²) in [6, 6.07) is 8.32. The largest absolute Gasteiger partial charge is 0.477 e. The molecule has 2 aromatic carbocycles. The minimum Gasteiger partial charge on any atom is -0.477 e. The van der Waals surface area contributed by atoms with Crippen molar-refractivity contribution in [1.82, 2.24) is 4.90 Å². The Morgan fingerprint density at radius 3 is 2.45 bits per heavy atom. The van der Waals surface area contributed by atoms with Crippen LogP contribution in [-0.4, -0.2) is 60.8 Å². The van der Waals surface area contributed by atoms with Gasteiger partial charge in [-0.3, -0.25) is 15.0 Å². The van der Waals surface area contributed by atoms with E-state index in [0.29, 0.717) is 0 Å². The van der Waals surface area contributed by atoms with Crippen molar-refractivity contribution in [2.45, 2.75) is 57.5 Å². The number of nitro benzene ring substituents is 1. The summed E-state index contributed by atoms with van der Waals surface area (Å²) >= 11 is 0. The molecule has 0 radical (unpaired) electrons. The number of fused-ring (bicyclic) bond motifs is 1. The summed E-state index contributed by atoms with van der Waals surface area (Å²) in [6.07, 6.45) is -6.70. The number of sulfone groups is 1. The van der Waals surface area contributed by atoms with E-state index < -0.39 is 74.7 Å². The van der Waals surface area contributed by atoms with Crippen molar-refractivity contribution in [3.63, 3.8) is 0 Å². The molecule has 2 saturated heterocycles. The van der Waals surface area contributed by atoms with Crippen molar-refractivity contribution in [2.24, 2.45) is 5.92 Å². The van der Waals surface area contributed by atoms with Crippen molar-refractivity contribution in [2.75, 3.05) is 18.1 Å². The van der Waals surface area contributed by atoms with E-state index in [2.05, 4.69) is 4.74 Å². The molecule has 0 aromatic heterocycles. The molecule has 2 heterocycles. The van der Waals surface area contributed by atoms with E-state index in [9.17, 15) is 40.9 Å². The minimum atomic E-state index is -4.83. The minimum absolute atomic E-state index is 0.0338. The lowest BCUT2D eigenvalue weighted by Crippen LogP contribution is -2.51. The molecule has 2 aliphatic heterocycles. The highest BCUT2D eigenvalue weighted by Crippen LogP contribution is 2.38. The van der Waals surface area contributed by atoms with E-state index in [1.54, 1.807) is 0 Å². The van der Waals surface area contributed by atoms with Crippen molar-refractivity contribution in [3.8, 4) is 5.75 Å². The summed E-state index contributed by atoms with van der Waals surface area (Å²) < 4.78 is 88.5. The molecule has 218 valence electrons. The number of hydrogen-bond donors (Lipinski definition) is 0. The maximum atomic E-state index is 14.6. The lowest BCUT2D eigenvalue weighted by Gasteiger charge is -2.34. The van der Waals surface area contributed by atoms with Gasteiger partial charge in [0.25, 0.3) is 0 Å². The van der Waals surface area contributed by atoms with Crippen LogP contribution in [0.1, 0.15) is 37.5 Å². The Morgan fingerprint density at radius 1 is 1.12 bits per heavy atom. The Hall–Kier alpha value is -3.42. The molecule has 1 amide bonds. The molecule has 0 spiro atoms. The van der Waals surface area contributed by atoms with Gasteiger partial charge < -0.3 is 9.47 Å². The van der Waals surface area contributed by atoms with Crippen LogP contribution in [0.3, 0.4) is 0 Å². The first-order valence-corrected chi connectivity index (χ1v) is 14.2. The monoisotopic (exact) mass is 588 g/mol. The number of nitro groups is 1. The fourth-order valence-electron chi connectivity index (χ4n) is 5.10. The molecule has 3 atom stereocenters. The topological polar surface area (TPSA) is 116 Å². The van der Waals surface area contributed by atoms with E-state index in [-0.39, 0.29) is 29.7 Å². The summed E-state index contributed by atoms with van der Waals surface area (Å²) in [5, 5.41) is 11.3. The molecule has 40 heavy (non-hydrogen) atoms. The quantitative estimate of drug-likeness (QED) is 0.255. The van der Waals surface area contributed by atoms with Crippen LogP contribution in [0.5, 0.6) is 5.75 Å². The summed E-state index contributed by atoms with van der Waals surface area (Å²) in [5.74, 6) is -4.02. The predicted octanol–water partition coefficient (Wildman–Crippen LogP) is 4.95. The van der Waals surface area contributed by atoms with E-state index in [1.807, 2.05) is 45.0 Å². The van der Waals surface area contributed by atoms with Crippen molar-refractivity contribution in [1.29, 1.82) is 0 Å². The number of rotatable bonds is 7. The number of hydrogen-bond acceptors (Lipinski definition) is 7. The van der Waals surface area contributed by atoms with E-state index in [1.165, 1.54) is 4.90 Å². The van der Waals surface area contributed by atoms with Crippen LogP contribution in [0, 0.1) is 21.8 Å². The zero-order chi connectivity index (χ0) is 29.6. The second-order valence-corrected chi connectivity index (χ2v) is 13.3. The zero-order valence-electron chi connectivity index (χ0n) is 21.9. The third-order valence-corrected chi connectivity index (χ3v) is 8.70. The van der Waals surface area contributed by atoms with Gasteiger partial charge in [-0.2, -0.15) is 17.6 Å². The molecule has 0 saturated carbocycles. The Bertz CT molecular complexity index is 1420. The van der Waals surface area contributed by atoms with Crippen LogP contribution < -0.4 is 4.74 Å². The van der Waals surface area contributed by atoms with Crippen LogP contribution in [0.25, 0.3) is 0 Å². The van der Waals surface area contributed by atoms with Gasteiger partial charge in [0.2, 0.25) is 11.6 Å². The highest BCUT2D eigenvalue weighted by atomic mass is 32.2. The first-order chi connectivity index (χ1) is 18.4. The Kier molecular flexibility index (Phi) is 7.78. The van der Waals surface area contributed by atoms with Gasteiger partial charge in [0.1, 0.15) is 6.10 Å². The number of carbonyl (C=O) groups excluding carboxylic acids is 1. The average molecular weight is 589 g/mol. The number of benzene rings is 2. The fourth-order valence-corrected chi connectivity index (χ4v) is 7.09. The number of halogens is 4. The van der Waals surface area contributed by atoms with Crippen LogP contribution in [-0.2, 0) is 33.0 Å². The smallest absolute Gasteiger partial charge is 0.422 e. The zero-order valence-corrected chi connectivity index (χ0v) is 22.7. The van der Waals surface area contributed by atoms with Gasteiger partial charge in [0, 0.05) is 12.5 Å². The third-order valence-electron chi connectivity index (χ3n) is 6.91. The summed E-state index contributed by atoms with van der Waals surface area (Å²) in [5.41, 5.74) is 0.332. The number of ether oxygens (including phenoxy) is 2. The standard InChI is InChI=1S/C26H28F4N2O7S/c1-25(2,3)18-6-4-5-15(8-18)11-31-20-13-40(36,37)12-17(23(20)39-24(31)33)7-16-9-19(27)22(32(34)35)21(10-16)38-14-26(28,29)30/h4-6,8-10,17,20,23H,7,11-14H2,1-3H3/t17-,20+,23+/m1/s1.